The zero-order valence-electron chi connectivity index (χ0n) is 17.6. The number of piperidine rings is 1. The zero-order chi connectivity index (χ0) is 21.2. The molecule has 0 bridgehead atoms. The van der Waals surface area contributed by atoms with Crippen molar-refractivity contribution in [2.75, 3.05) is 31.6 Å². The van der Waals surface area contributed by atoms with Crippen LogP contribution in [0.4, 0.5) is 5.95 Å². The summed E-state index contributed by atoms with van der Waals surface area (Å²) in [7, 11) is -0.495. The number of aromatic nitrogens is 2. The second-order valence-corrected chi connectivity index (χ2v) is 8.80. The van der Waals surface area contributed by atoms with Gasteiger partial charge in [0.25, 0.3) is 5.91 Å². The third kappa shape index (κ3) is 4.88. The highest BCUT2D eigenvalue weighted by molar-refractivity contribution is 6.61. The number of anilines is 1. The standard InChI is InChI=1S/C19H31BN4O5/c1-18(2)19(3,4)29-20(28-18)14-9-22-17(23-10-14)21-8-13-6-5-7-24(11-13)16(27)15(26)12-25/h9-10,13,15,25-26H,5-8,11-12H2,1-4H3,(H,21,22,23)/t13-,15+/m1/s1. The lowest BCUT2D eigenvalue weighted by molar-refractivity contribution is -0.143. The molecule has 2 atom stereocenters. The molecule has 1 aromatic heterocycles. The maximum atomic E-state index is 12.1. The molecule has 2 aliphatic rings. The van der Waals surface area contributed by atoms with Crippen LogP contribution in [-0.4, -0.2) is 81.7 Å². The number of aliphatic hydroxyl groups excluding tert-OH is 2. The van der Waals surface area contributed by atoms with Crippen LogP contribution in [0.5, 0.6) is 0 Å². The number of aliphatic hydroxyl groups is 2. The number of amides is 1. The van der Waals surface area contributed by atoms with Crippen molar-refractivity contribution in [3.8, 4) is 0 Å². The molecule has 2 aliphatic heterocycles. The molecule has 10 heteroatoms. The highest BCUT2D eigenvalue weighted by Crippen LogP contribution is 2.36. The quantitative estimate of drug-likeness (QED) is 0.556. The minimum Gasteiger partial charge on any atom is -0.399 e. The monoisotopic (exact) mass is 406 g/mol. The van der Waals surface area contributed by atoms with Crippen molar-refractivity contribution in [1.82, 2.24) is 14.9 Å². The van der Waals surface area contributed by atoms with Crippen LogP contribution in [0.3, 0.4) is 0 Å². The molecule has 3 heterocycles. The maximum absolute atomic E-state index is 12.1. The molecule has 0 saturated carbocycles. The van der Waals surface area contributed by atoms with E-state index in [9.17, 15) is 9.90 Å². The summed E-state index contributed by atoms with van der Waals surface area (Å²) in [5.41, 5.74) is -0.0630. The average molecular weight is 406 g/mol. The van der Waals surface area contributed by atoms with Gasteiger partial charge in [-0.05, 0) is 46.5 Å². The minimum absolute atomic E-state index is 0.227. The molecule has 29 heavy (non-hydrogen) atoms. The Labute approximate surface area is 172 Å². The molecule has 0 unspecified atom stereocenters. The van der Waals surface area contributed by atoms with Crippen LogP contribution in [0, 0.1) is 5.92 Å². The molecule has 1 aromatic rings. The molecule has 0 spiro atoms. The normalized spacial score (nSPS) is 24.4. The van der Waals surface area contributed by atoms with Crippen molar-refractivity contribution >= 4 is 24.4 Å². The summed E-state index contributed by atoms with van der Waals surface area (Å²) in [4.78, 5) is 22.4. The highest BCUT2D eigenvalue weighted by atomic mass is 16.7. The Balaban J connectivity index is 1.52. The average Bonchev–Trinajstić information content (AvgIpc) is 2.93. The summed E-state index contributed by atoms with van der Waals surface area (Å²) >= 11 is 0. The van der Waals surface area contributed by atoms with Gasteiger partial charge in [0.05, 0.1) is 17.8 Å². The second kappa shape index (κ2) is 8.55. The van der Waals surface area contributed by atoms with Gasteiger partial charge in [-0.2, -0.15) is 0 Å². The van der Waals surface area contributed by atoms with E-state index in [4.69, 9.17) is 14.4 Å². The molecule has 0 aliphatic carbocycles. The fourth-order valence-corrected chi connectivity index (χ4v) is 3.49. The minimum atomic E-state index is -1.34. The summed E-state index contributed by atoms with van der Waals surface area (Å²) in [5.74, 6) is 0.314. The number of likely N-dealkylation sites (tertiary alicyclic amines) is 1. The van der Waals surface area contributed by atoms with Crippen LogP contribution >= 0.6 is 0 Å². The number of rotatable bonds is 6. The Bertz CT molecular complexity index is 699. The van der Waals surface area contributed by atoms with Crippen molar-refractivity contribution in [1.29, 1.82) is 0 Å². The fourth-order valence-electron chi connectivity index (χ4n) is 3.49. The molecule has 2 fully saturated rings. The number of nitrogens with one attached hydrogen (secondary N) is 1. The Morgan fingerprint density at radius 1 is 1.31 bits per heavy atom. The molecule has 0 aromatic carbocycles. The molecule has 9 nitrogen and oxygen atoms in total. The van der Waals surface area contributed by atoms with Crippen molar-refractivity contribution < 1.29 is 24.3 Å². The Kier molecular flexibility index (Phi) is 6.47. The summed E-state index contributed by atoms with van der Waals surface area (Å²) in [6.07, 6.45) is 3.89. The second-order valence-electron chi connectivity index (χ2n) is 8.80. The molecule has 2 saturated heterocycles. The van der Waals surface area contributed by atoms with Gasteiger partial charge in [0, 0.05) is 37.5 Å². The maximum Gasteiger partial charge on any atom is 0.498 e. The number of carbonyl (C=O) groups excluding carboxylic acids is 1. The van der Waals surface area contributed by atoms with E-state index in [0.29, 0.717) is 25.6 Å². The predicted octanol–water partition coefficient (Wildman–Crippen LogP) is -0.220. The third-order valence-electron chi connectivity index (χ3n) is 6.03. The van der Waals surface area contributed by atoms with Crippen LogP contribution in [-0.2, 0) is 14.1 Å². The fraction of sp³-hybridized carbons (Fsp3) is 0.737. The molecule has 160 valence electrons. The first-order chi connectivity index (χ1) is 13.6. The summed E-state index contributed by atoms with van der Waals surface area (Å²) in [6, 6.07) is 0. The number of hydrogen-bond donors (Lipinski definition) is 3. The first-order valence-electron chi connectivity index (χ1n) is 10.1. The van der Waals surface area contributed by atoms with E-state index < -0.39 is 36.9 Å². The van der Waals surface area contributed by atoms with Gasteiger partial charge < -0.3 is 29.7 Å². The first-order valence-corrected chi connectivity index (χ1v) is 10.1. The lowest BCUT2D eigenvalue weighted by atomic mass is 9.81. The number of nitrogens with zero attached hydrogens (tertiary/aromatic N) is 3. The Morgan fingerprint density at radius 3 is 2.52 bits per heavy atom. The van der Waals surface area contributed by atoms with Crippen molar-refractivity contribution in [3.05, 3.63) is 12.4 Å². The lowest BCUT2D eigenvalue weighted by Crippen LogP contribution is -2.47. The van der Waals surface area contributed by atoms with Gasteiger partial charge in [-0.1, -0.05) is 0 Å². The summed E-state index contributed by atoms with van der Waals surface area (Å²) < 4.78 is 12.0. The van der Waals surface area contributed by atoms with Crippen molar-refractivity contribution in [3.63, 3.8) is 0 Å². The highest BCUT2D eigenvalue weighted by Gasteiger charge is 2.51. The van der Waals surface area contributed by atoms with E-state index >= 15 is 0 Å². The van der Waals surface area contributed by atoms with Crippen LogP contribution in [0.15, 0.2) is 12.4 Å². The van der Waals surface area contributed by atoms with E-state index in [-0.39, 0.29) is 5.92 Å². The van der Waals surface area contributed by atoms with Gasteiger partial charge in [-0.25, -0.2) is 9.97 Å². The Morgan fingerprint density at radius 2 is 1.93 bits per heavy atom. The molecule has 1 amide bonds. The van der Waals surface area contributed by atoms with Crippen LogP contribution in [0.1, 0.15) is 40.5 Å². The topological polar surface area (TPSA) is 117 Å². The Hall–Kier alpha value is -1.75. The number of hydrogen-bond acceptors (Lipinski definition) is 8. The van der Waals surface area contributed by atoms with Gasteiger partial charge in [-0.15, -0.1) is 0 Å². The van der Waals surface area contributed by atoms with Gasteiger partial charge in [-0.3, -0.25) is 4.79 Å². The first kappa shape index (κ1) is 22.0. The summed E-state index contributed by atoms with van der Waals surface area (Å²) in [6.45, 7) is 9.21. The number of carbonyl (C=O) groups is 1. The van der Waals surface area contributed by atoms with Gasteiger partial charge in [0.2, 0.25) is 5.95 Å². The SMILES string of the molecule is CC1(C)OB(c2cnc(NC[C@H]3CCCN(C(=O)[C@@H](O)CO)C3)nc2)OC1(C)C. The van der Waals surface area contributed by atoms with Crippen LogP contribution in [0.25, 0.3) is 0 Å². The van der Waals surface area contributed by atoms with Gasteiger partial charge >= 0.3 is 7.12 Å². The summed E-state index contributed by atoms with van der Waals surface area (Å²) in [5, 5.41) is 21.7. The molecule has 0 radical (unpaired) electrons. The van der Waals surface area contributed by atoms with E-state index in [1.54, 1.807) is 17.3 Å². The van der Waals surface area contributed by atoms with E-state index in [1.807, 2.05) is 27.7 Å². The molecule has 3 N–H and O–H groups in total. The van der Waals surface area contributed by atoms with Gasteiger partial charge in [0.1, 0.15) is 0 Å². The van der Waals surface area contributed by atoms with E-state index in [0.717, 1.165) is 18.3 Å². The van der Waals surface area contributed by atoms with E-state index in [2.05, 4.69) is 15.3 Å². The molecular weight excluding hydrogens is 375 g/mol. The van der Waals surface area contributed by atoms with Crippen molar-refractivity contribution in [2.45, 2.75) is 57.8 Å². The third-order valence-corrected chi connectivity index (χ3v) is 6.03. The molecular formula is C19H31BN4O5. The lowest BCUT2D eigenvalue weighted by Gasteiger charge is -2.33. The predicted molar refractivity (Wildman–Crippen MR) is 109 cm³/mol. The largest absolute Gasteiger partial charge is 0.498 e. The molecule has 3 rings (SSSR count). The van der Waals surface area contributed by atoms with Crippen LogP contribution < -0.4 is 10.8 Å². The van der Waals surface area contributed by atoms with Crippen LogP contribution in [0.2, 0.25) is 0 Å². The van der Waals surface area contributed by atoms with Gasteiger partial charge in [0.15, 0.2) is 6.10 Å². The smallest absolute Gasteiger partial charge is 0.399 e. The zero-order valence-corrected chi connectivity index (χ0v) is 17.6. The van der Waals surface area contributed by atoms with E-state index in [1.165, 1.54) is 0 Å². The van der Waals surface area contributed by atoms with Crippen molar-refractivity contribution in [2.24, 2.45) is 5.92 Å².